The van der Waals surface area contributed by atoms with Crippen molar-refractivity contribution in [2.45, 2.75) is 0 Å². The highest BCUT2D eigenvalue weighted by Gasteiger charge is 1.79. The molecule has 6 heteroatoms. The Hall–Kier alpha value is 0.560. The second-order valence-electron chi connectivity index (χ2n) is 0.384. The second-order valence-corrected chi connectivity index (χ2v) is 1.15. The van der Waals surface area contributed by atoms with Crippen molar-refractivity contribution in [2.75, 3.05) is 6.35 Å². The van der Waals surface area contributed by atoms with Gasteiger partial charge in [-0.2, -0.15) is 0 Å². The molecule has 0 spiro atoms. The highest BCUT2D eigenvalue weighted by atomic mass is 35.6. The SMILES string of the molecule is OCP.[O-][Cl+2]([O-])O. The molecule has 0 amide bonds. The lowest BCUT2D eigenvalue weighted by Gasteiger charge is -1.72. The van der Waals surface area contributed by atoms with E-state index in [2.05, 4.69) is 9.24 Å². The van der Waals surface area contributed by atoms with Gasteiger partial charge in [-0.05, 0) is 0 Å². The highest BCUT2D eigenvalue weighted by Crippen LogP contribution is 1.63. The monoisotopic (exact) mass is 148 g/mol. The standard InChI is InChI=1S/CH5OP.ClHO3/c2-1-3;2-1(3)4/h2H,1,3H2;2H. The van der Waals surface area contributed by atoms with Crippen molar-refractivity contribution in [2.24, 2.45) is 0 Å². The molecule has 0 fully saturated rings. The third-order valence-corrected chi connectivity index (χ3v) is 0. The zero-order valence-electron chi connectivity index (χ0n) is 3.37. The van der Waals surface area contributed by atoms with Crippen LogP contribution in [0, 0.1) is 10.8 Å². The van der Waals surface area contributed by atoms with Crippen molar-refractivity contribution in [1.82, 2.24) is 0 Å². The van der Waals surface area contributed by atoms with E-state index < -0.39 is 10.8 Å². The molecule has 2 N–H and O–H groups in total. The van der Waals surface area contributed by atoms with Crippen molar-refractivity contribution >= 4 is 9.24 Å². The van der Waals surface area contributed by atoms with Crippen LogP contribution in [0.1, 0.15) is 0 Å². The highest BCUT2D eigenvalue weighted by molar-refractivity contribution is 7.16. The van der Waals surface area contributed by atoms with Gasteiger partial charge in [-0.1, -0.05) is 0 Å². The molecule has 0 aliphatic heterocycles. The largest absolute Gasteiger partial charge is 0.392 e. The molecule has 46 valence electrons. The fourth-order valence-corrected chi connectivity index (χ4v) is 0. The smallest absolute Gasteiger partial charge is 0.282 e. The summed E-state index contributed by atoms with van der Waals surface area (Å²) in [7, 11) is -0.468. The molecule has 0 aromatic carbocycles. The van der Waals surface area contributed by atoms with Crippen molar-refractivity contribution in [1.29, 1.82) is 0 Å². The summed E-state index contributed by atoms with van der Waals surface area (Å²) >= 11 is 0. The van der Waals surface area contributed by atoms with Gasteiger partial charge in [0.25, 0.3) is 10.8 Å². The van der Waals surface area contributed by atoms with Gasteiger partial charge in [0.1, 0.15) is 0 Å². The molecule has 0 aliphatic carbocycles. The maximum atomic E-state index is 8.52. The Labute approximate surface area is 46.4 Å². The van der Waals surface area contributed by atoms with E-state index in [1.807, 2.05) is 0 Å². The van der Waals surface area contributed by atoms with Crippen molar-refractivity contribution in [3.63, 3.8) is 0 Å². The zero-order chi connectivity index (χ0) is 6.28. The van der Waals surface area contributed by atoms with Gasteiger partial charge < -0.3 is 14.4 Å². The number of halogens is 1. The molecule has 0 rings (SSSR count). The van der Waals surface area contributed by atoms with Gasteiger partial charge in [-0.25, -0.2) is 0 Å². The Morgan fingerprint density at radius 2 is 1.57 bits per heavy atom. The second kappa shape index (κ2) is 9.75. The maximum absolute atomic E-state index is 8.52. The van der Waals surface area contributed by atoms with Crippen LogP contribution in [-0.4, -0.2) is 16.1 Å². The maximum Gasteiger partial charge on any atom is 0.282 e. The normalized spacial score (nSPS) is 7.71. The molecule has 4 nitrogen and oxygen atoms in total. The minimum atomic E-state index is -2.60. The fraction of sp³-hybridized carbons (Fsp3) is 1.00. The van der Waals surface area contributed by atoms with E-state index in [-0.39, 0.29) is 6.35 Å². The van der Waals surface area contributed by atoms with Crippen LogP contribution in [0.15, 0.2) is 0 Å². The van der Waals surface area contributed by atoms with E-state index >= 15 is 0 Å². The summed E-state index contributed by atoms with van der Waals surface area (Å²) < 4.78 is 24.0. The molecule has 0 saturated carbocycles. The molecular formula is CH6ClO4P. The van der Waals surface area contributed by atoms with Crippen LogP contribution in [0.2, 0.25) is 0 Å². The molecule has 0 aliphatic rings. The first-order valence-corrected chi connectivity index (χ1v) is 2.97. The third kappa shape index (κ3) is 435. The molecule has 0 radical (unpaired) electrons. The summed E-state index contributed by atoms with van der Waals surface area (Å²) in [6.07, 6.45) is 0.167. The van der Waals surface area contributed by atoms with Crippen LogP contribution >= 0.6 is 9.24 Å². The minimum Gasteiger partial charge on any atom is -0.392 e. The molecule has 0 aromatic heterocycles. The van der Waals surface area contributed by atoms with Crippen molar-refractivity contribution in [3.05, 3.63) is 0 Å². The van der Waals surface area contributed by atoms with E-state index in [9.17, 15) is 0 Å². The Morgan fingerprint density at radius 1 is 1.57 bits per heavy atom. The molecule has 0 heterocycles. The summed E-state index contributed by atoms with van der Waals surface area (Å²) in [5, 5.41) is 7.53. The predicted molar refractivity (Wildman–Crippen MR) is 19.0 cm³/mol. The minimum absolute atomic E-state index is 0.167. The Bertz CT molecular complexity index is 22.9. The molecule has 0 saturated heterocycles. The molecular weight excluding hydrogens is 142 g/mol. The summed E-state index contributed by atoms with van der Waals surface area (Å²) in [5.74, 6) is 0. The Morgan fingerprint density at radius 3 is 1.57 bits per heavy atom. The molecule has 0 bridgehead atoms. The van der Waals surface area contributed by atoms with E-state index in [0.717, 1.165) is 0 Å². The molecule has 7 heavy (non-hydrogen) atoms. The van der Waals surface area contributed by atoms with Crippen LogP contribution in [0.4, 0.5) is 0 Å². The first-order valence-electron chi connectivity index (χ1n) is 1.20. The quantitative estimate of drug-likeness (QED) is 0.356. The van der Waals surface area contributed by atoms with Crippen molar-refractivity contribution < 1.29 is 29.9 Å². The summed E-state index contributed by atoms with van der Waals surface area (Å²) in [6.45, 7) is 0. The number of rotatable bonds is 0. The average Bonchev–Trinajstić information content (AvgIpc) is 1.33. The van der Waals surface area contributed by atoms with Crippen LogP contribution < -0.4 is 9.32 Å². The van der Waals surface area contributed by atoms with E-state index in [1.165, 1.54) is 0 Å². The van der Waals surface area contributed by atoms with Crippen LogP contribution in [-0.2, 0) is 0 Å². The number of hydrogen-bond acceptors (Lipinski definition) is 4. The first kappa shape index (κ1) is 10.5. The summed E-state index contributed by atoms with van der Waals surface area (Å²) in [4.78, 5) is 0. The number of aliphatic hydroxyl groups is 1. The van der Waals surface area contributed by atoms with E-state index in [1.54, 1.807) is 0 Å². The molecule has 1 unspecified atom stereocenters. The number of aliphatic hydroxyl groups excluding tert-OH is 1. The van der Waals surface area contributed by atoms with Gasteiger partial charge >= 0.3 is 0 Å². The fourth-order valence-electron chi connectivity index (χ4n) is 0. The van der Waals surface area contributed by atoms with Gasteiger partial charge in [0.2, 0.25) is 0 Å². The van der Waals surface area contributed by atoms with Crippen LogP contribution in [0.5, 0.6) is 0 Å². The third-order valence-electron chi connectivity index (χ3n) is 0. The lowest BCUT2D eigenvalue weighted by molar-refractivity contribution is -1.63. The topological polar surface area (TPSA) is 86.6 Å². The van der Waals surface area contributed by atoms with Crippen LogP contribution in [0.3, 0.4) is 0 Å². The van der Waals surface area contributed by atoms with Gasteiger partial charge in [-0.3, -0.25) is 0 Å². The Kier molecular flexibility index (Phi) is 14.7. The number of hydrogen-bond donors (Lipinski definition) is 2. The van der Waals surface area contributed by atoms with Gasteiger partial charge in [0.05, 0.1) is 6.35 Å². The van der Waals surface area contributed by atoms with Gasteiger partial charge in [-0.15, -0.1) is 9.24 Å². The van der Waals surface area contributed by atoms with Gasteiger partial charge in [0.15, 0.2) is 0 Å². The average molecular weight is 148 g/mol. The van der Waals surface area contributed by atoms with Crippen LogP contribution in [0.25, 0.3) is 0 Å². The first-order chi connectivity index (χ1) is 3.15. The predicted octanol–water partition coefficient (Wildman–Crippen LogP) is -3.12. The summed E-state index contributed by atoms with van der Waals surface area (Å²) in [5.41, 5.74) is 0. The zero-order valence-corrected chi connectivity index (χ0v) is 5.28. The lowest BCUT2D eigenvalue weighted by atomic mass is 11.7. The van der Waals surface area contributed by atoms with E-state index in [4.69, 9.17) is 19.1 Å². The van der Waals surface area contributed by atoms with E-state index in [0.29, 0.717) is 0 Å². The Balaban J connectivity index is 0. The van der Waals surface area contributed by atoms with Gasteiger partial charge in [0, 0.05) is 4.66 Å². The molecule has 0 aromatic rings. The van der Waals surface area contributed by atoms with Crippen molar-refractivity contribution in [3.8, 4) is 0 Å². The lowest BCUT2D eigenvalue weighted by Crippen LogP contribution is -2.30. The molecule has 1 atom stereocenters. The summed E-state index contributed by atoms with van der Waals surface area (Å²) in [6, 6.07) is 0.